The van der Waals surface area contributed by atoms with Crippen molar-refractivity contribution < 1.29 is 14.6 Å². The number of nitrogens with one attached hydrogen (secondary N) is 1. The maximum Gasteiger partial charge on any atom is 0.251 e. The van der Waals surface area contributed by atoms with Crippen LogP contribution in [0.5, 0.6) is 0 Å². The topological polar surface area (TPSA) is 58.6 Å². The number of ether oxygens (including phenoxy) is 1. The minimum absolute atomic E-state index is 0.193. The van der Waals surface area contributed by atoms with E-state index < -0.39 is 6.29 Å². The molecule has 16 heavy (non-hydrogen) atoms. The predicted molar refractivity (Wildman–Crippen MR) is 62.0 cm³/mol. The molecule has 1 fully saturated rings. The molecule has 0 aromatic heterocycles. The van der Waals surface area contributed by atoms with Crippen LogP contribution in [-0.4, -0.2) is 30.0 Å². The first-order valence-electron chi connectivity index (χ1n) is 5.03. The number of benzene rings is 1. The fourth-order valence-corrected chi connectivity index (χ4v) is 1.84. The van der Waals surface area contributed by atoms with Gasteiger partial charge in [-0.15, -0.1) is 0 Å². The summed E-state index contributed by atoms with van der Waals surface area (Å²) in [4.78, 5) is 11.8. The summed E-state index contributed by atoms with van der Waals surface area (Å²) in [7, 11) is 0. The Morgan fingerprint density at radius 3 is 2.69 bits per heavy atom. The molecule has 5 heteroatoms. The SMILES string of the molecule is O=C(N[C@H]1CCOC1O)c1ccc(Br)cc1. The van der Waals surface area contributed by atoms with E-state index in [1.807, 2.05) is 0 Å². The number of aliphatic hydroxyl groups is 1. The molecule has 2 N–H and O–H groups in total. The first-order chi connectivity index (χ1) is 7.66. The third kappa shape index (κ3) is 2.61. The number of carbonyl (C=O) groups is 1. The number of carbonyl (C=O) groups excluding carboxylic acids is 1. The van der Waals surface area contributed by atoms with Crippen LogP contribution in [0, 0.1) is 0 Å². The molecule has 1 amide bonds. The zero-order valence-electron chi connectivity index (χ0n) is 8.52. The summed E-state index contributed by atoms with van der Waals surface area (Å²) in [6, 6.07) is 6.74. The van der Waals surface area contributed by atoms with Crippen molar-refractivity contribution in [3.05, 3.63) is 34.3 Å². The lowest BCUT2D eigenvalue weighted by Gasteiger charge is -2.14. The van der Waals surface area contributed by atoms with Gasteiger partial charge in [0.2, 0.25) is 0 Å². The highest BCUT2D eigenvalue weighted by Gasteiger charge is 2.27. The summed E-state index contributed by atoms with van der Waals surface area (Å²) < 4.78 is 5.88. The normalized spacial score (nSPS) is 24.4. The Hall–Kier alpha value is -0.910. The molecule has 0 spiro atoms. The van der Waals surface area contributed by atoms with Gasteiger partial charge in [0.15, 0.2) is 6.29 Å². The number of hydrogen-bond donors (Lipinski definition) is 2. The van der Waals surface area contributed by atoms with Crippen LogP contribution < -0.4 is 5.32 Å². The Morgan fingerprint density at radius 1 is 1.44 bits per heavy atom. The van der Waals surface area contributed by atoms with Gasteiger partial charge in [0.25, 0.3) is 5.91 Å². The third-order valence-electron chi connectivity index (χ3n) is 2.48. The molecular formula is C11H12BrNO3. The second-order valence-electron chi connectivity index (χ2n) is 3.64. The number of halogens is 1. The summed E-state index contributed by atoms with van der Waals surface area (Å²) >= 11 is 3.30. The van der Waals surface area contributed by atoms with E-state index in [9.17, 15) is 9.90 Å². The van der Waals surface area contributed by atoms with Crippen molar-refractivity contribution >= 4 is 21.8 Å². The van der Waals surface area contributed by atoms with Crippen LogP contribution in [0.1, 0.15) is 16.8 Å². The Kier molecular flexibility index (Phi) is 3.58. The van der Waals surface area contributed by atoms with Crippen molar-refractivity contribution in [3.8, 4) is 0 Å². The highest BCUT2D eigenvalue weighted by atomic mass is 79.9. The Balaban J connectivity index is 2.00. The quantitative estimate of drug-likeness (QED) is 0.861. The number of amides is 1. The minimum atomic E-state index is -0.889. The molecule has 1 aliphatic rings. The molecule has 86 valence electrons. The predicted octanol–water partition coefficient (Wildman–Crippen LogP) is 1.29. The molecule has 1 unspecified atom stereocenters. The van der Waals surface area contributed by atoms with E-state index in [4.69, 9.17) is 4.74 Å². The van der Waals surface area contributed by atoms with E-state index in [1.54, 1.807) is 24.3 Å². The molecule has 0 bridgehead atoms. The van der Waals surface area contributed by atoms with Gasteiger partial charge >= 0.3 is 0 Å². The lowest BCUT2D eigenvalue weighted by molar-refractivity contribution is -0.0704. The molecular weight excluding hydrogens is 274 g/mol. The van der Waals surface area contributed by atoms with Gasteiger partial charge in [-0.05, 0) is 30.7 Å². The van der Waals surface area contributed by atoms with E-state index in [0.717, 1.165) is 4.47 Å². The molecule has 1 heterocycles. The van der Waals surface area contributed by atoms with Gasteiger partial charge in [-0.1, -0.05) is 15.9 Å². The van der Waals surface area contributed by atoms with Crippen molar-refractivity contribution in [1.29, 1.82) is 0 Å². The summed E-state index contributed by atoms with van der Waals surface area (Å²) in [5.41, 5.74) is 0.572. The van der Waals surface area contributed by atoms with Crippen LogP contribution in [0.4, 0.5) is 0 Å². The maximum atomic E-state index is 11.8. The van der Waals surface area contributed by atoms with Crippen LogP contribution in [-0.2, 0) is 4.74 Å². The van der Waals surface area contributed by atoms with Crippen LogP contribution in [0.2, 0.25) is 0 Å². The smallest absolute Gasteiger partial charge is 0.251 e. The fraction of sp³-hybridized carbons (Fsp3) is 0.364. The summed E-state index contributed by atoms with van der Waals surface area (Å²) in [5, 5.41) is 12.1. The van der Waals surface area contributed by atoms with Gasteiger partial charge in [-0.2, -0.15) is 0 Å². The van der Waals surface area contributed by atoms with E-state index in [1.165, 1.54) is 0 Å². The van der Waals surface area contributed by atoms with Crippen molar-refractivity contribution in [2.75, 3.05) is 6.61 Å². The number of aliphatic hydroxyl groups excluding tert-OH is 1. The number of hydrogen-bond acceptors (Lipinski definition) is 3. The molecule has 1 aromatic carbocycles. The lowest BCUT2D eigenvalue weighted by atomic mass is 10.2. The molecule has 0 aliphatic carbocycles. The Morgan fingerprint density at radius 2 is 2.12 bits per heavy atom. The lowest BCUT2D eigenvalue weighted by Crippen LogP contribution is -2.40. The third-order valence-corrected chi connectivity index (χ3v) is 3.01. The zero-order chi connectivity index (χ0) is 11.5. The molecule has 1 saturated heterocycles. The van der Waals surface area contributed by atoms with E-state index in [2.05, 4.69) is 21.2 Å². The molecule has 2 atom stereocenters. The van der Waals surface area contributed by atoms with Gasteiger partial charge in [-0.25, -0.2) is 0 Å². The molecule has 0 radical (unpaired) electrons. The van der Waals surface area contributed by atoms with Gasteiger partial charge < -0.3 is 15.2 Å². The first-order valence-corrected chi connectivity index (χ1v) is 5.82. The standard InChI is InChI=1S/C11H12BrNO3/c12-8-3-1-7(2-4-8)10(14)13-9-5-6-16-11(9)15/h1-4,9,11,15H,5-6H2,(H,13,14)/t9-,11?/m0/s1. The largest absolute Gasteiger partial charge is 0.366 e. The number of rotatable bonds is 2. The van der Waals surface area contributed by atoms with Crippen molar-refractivity contribution in [2.24, 2.45) is 0 Å². The fourth-order valence-electron chi connectivity index (χ4n) is 1.57. The Bertz CT molecular complexity index is 379. The highest BCUT2D eigenvalue weighted by molar-refractivity contribution is 9.10. The van der Waals surface area contributed by atoms with E-state index in [-0.39, 0.29) is 11.9 Å². The van der Waals surface area contributed by atoms with Gasteiger partial charge in [0.1, 0.15) is 0 Å². The molecule has 1 aromatic rings. The second kappa shape index (κ2) is 4.95. The van der Waals surface area contributed by atoms with Gasteiger partial charge in [0.05, 0.1) is 12.6 Å². The molecule has 4 nitrogen and oxygen atoms in total. The van der Waals surface area contributed by atoms with Crippen molar-refractivity contribution in [2.45, 2.75) is 18.8 Å². The summed E-state index contributed by atoms with van der Waals surface area (Å²) in [5.74, 6) is -0.193. The van der Waals surface area contributed by atoms with E-state index in [0.29, 0.717) is 18.6 Å². The van der Waals surface area contributed by atoms with Crippen molar-refractivity contribution in [3.63, 3.8) is 0 Å². The first kappa shape index (κ1) is 11.6. The average Bonchev–Trinajstić information content (AvgIpc) is 2.65. The van der Waals surface area contributed by atoms with Crippen molar-refractivity contribution in [1.82, 2.24) is 5.32 Å². The van der Waals surface area contributed by atoms with Crippen LogP contribution in [0.15, 0.2) is 28.7 Å². The van der Waals surface area contributed by atoms with Crippen LogP contribution in [0.3, 0.4) is 0 Å². The minimum Gasteiger partial charge on any atom is -0.366 e. The molecule has 0 saturated carbocycles. The molecule has 1 aliphatic heterocycles. The average molecular weight is 286 g/mol. The zero-order valence-corrected chi connectivity index (χ0v) is 10.1. The summed E-state index contributed by atoms with van der Waals surface area (Å²) in [6.07, 6.45) is -0.247. The monoisotopic (exact) mass is 285 g/mol. The molecule has 2 rings (SSSR count). The van der Waals surface area contributed by atoms with Crippen LogP contribution in [0.25, 0.3) is 0 Å². The summed E-state index contributed by atoms with van der Waals surface area (Å²) in [6.45, 7) is 0.479. The van der Waals surface area contributed by atoms with Gasteiger partial charge in [-0.3, -0.25) is 4.79 Å². The second-order valence-corrected chi connectivity index (χ2v) is 4.55. The maximum absolute atomic E-state index is 11.8. The highest BCUT2D eigenvalue weighted by Crippen LogP contribution is 2.13. The van der Waals surface area contributed by atoms with Gasteiger partial charge in [0, 0.05) is 10.0 Å². The van der Waals surface area contributed by atoms with E-state index >= 15 is 0 Å². The van der Waals surface area contributed by atoms with Crippen LogP contribution >= 0.6 is 15.9 Å². The Labute approximate surface area is 102 Å².